The molecule has 0 spiro atoms. The molecule has 1 aromatic carbocycles. The molecule has 1 fully saturated rings. The lowest BCUT2D eigenvalue weighted by Gasteiger charge is -2.22. The Hall–Kier alpha value is -2.14. The lowest BCUT2D eigenvalue weighted by Crippen LogP contribution is -2.37. The van der Waals surface area contributed by atoms with Gasteiger partial charge in [0.15, 0.2) is 0 Å². The van der Waals surface area contributed by atoms with Crippen LogP contribution >= 0.6 is 0 Å². The third-order valence-corrected chi connectivity index (χ3v) is 3.70. The zero-order chi connectivity index (χ0) is 13.9. The van der Waals surface area contributed by atoms with E-state index in [1.807, 2.05) is 30.3 Å². The summed E-state index contributed by atoms with van der Waals surface area (Å²) >= 11 is 0. The van der Waals surface area contributed by atoms with Gasteiger partial charge < -0.3 is 10.0 Å². The smallest absolute Gasteiger partial charge is 0.257 e. The van der Waals surface area contributed by atoms with Crippen molar-refractivity contribution in [1.82, 2.24) is 14.7 Å². The lowest BCUT2D eigenvalue weighted by atomic mass is 10.2. The number of carbonyl (C=O) groups is 1. The molecule has 1 aliphatic rings. The second-order valence-corrected chi connectivity index (χ2v) is 4.99. The molecular weight excluding hydrogens is 254 g/mol. The Morgan fingerprint density at radius 1 is 1.35 bits per heavy atom. The first-order valence-electron chi connectivity index (χ1n) is 6.81. The van der Waals surface area contributed by atoms with Gasteiger partial charge in [-0.2, -0.15) is 5.10 Å². The van der Waals surface area contributed by atoms with Crippen molar-refractivity contribution in [2.24, 2.45) is 0 Å². The number of hydrogen-bond acceptors (Lipinski definition) is 3. The van der Waals surface area contributed by atoms with Crippen molar-refractivity contribution in [3.63, 3.8) is 0 Å². The predicted octanol–water partition coefficient (Wildman–Crippen LogP) is 1.47. The molecular formula is C15H17N3O2. The van der Waals surface area contributed by atoms with E-state index in [2.05, 4.69) is 5.10 Å². The second-order valence-electron chi connectivity index (χ2n) is 4.99. The van der Waals surface area contributed by atoms with E-state index in [1.54, 1.807) is 22.0 Å². The summed E-state index contributed by atoms with van der Waals surface area (Å²) in [6.07, 6.45) is 5.14. The third-order valence-electron chi connectivity index (χ3n) is 3.70. The summed E-state index contributed by atoms with van der Waals surface area (Å²) in [5.41, 5.74) is 1.49. The van der Waals surface area contributed by atoms with Crippen LogP contribution in [0.1, 0.15) is 23.2 Å². The molecule has 2 aromatic rings. The Kier molecular flexibility index (Phi) is 3.52. The van der Waals surface area contributed by atoms with Crippen molar-refractivity contribution in [3.05, 3.63) is 48.3 Å². The average molecular weight is 271 g/mol. The molecule has 1 saturated heterocycles. The van der Waals surface area contributed by atoms with Gasteiger partial charge in [-0.1, -0.05) is 18.2 Å². The van der Waals surface area contributed by atoms with Gasteiger partial charge in [0.2, 0.25) is 0 Å². The summed E-state index contributed by atoms with van der Waals surface area (Å²) in [6.45, 7) is 0.735. The van der Waals surface area contributed by atoms with Gasteiger partial charge in [0.1, 0.15) is 0 Å². The summed E-state index contributed by atoms with van der Waals surface area (Å²) in [5, 5.41) is 13.5. The van der Waals surface area contributed by atoms with E-state index in [0.717, 1.165) is 18.5 Å². The predicted molar refractivity (Wildman–Crippen MR) is 74.7 cm³/mol. The van der Waals surface area contributed by atoms with Crippen LogP contribution in [-0.2, 0) is 0 Å². The van der Waals surface area contributed by atoms with Gasteiger partial charge in [-0.15, -0.1) is 0 Å². The third kappa shape index (κ3) is 2.32. The Bertz CT molecular complexity index is 594. The number of aliphatic hydroxyl groups excluding tert-OH is 1. The molecule has 0 bridgehead atoms. The Labute approximate surface area is 117 Å². The Morgan fingerprint density at radius 3 is 2.90 bits per heavy atom. The maximum absolute atomic E-state index is 12.4. The van der Waals surface area contributed by atoms with Gasteiger partial charge in [0.25, 0.3) is 5.91 Å². The standard InChI is InChI=1S/C15H17N3O2/c19-11-14-7-4-8-17(14)15(20)12-9-16-18(10-12)13-5-2-1-3-6-13/h1-3,5-6,9-10,14,19H,4,7-8,11H2. The molecule has 1 unspecified atom stereocenters. The normalized spacial score (nSPS) is 18.4. The zero-order valence-electron chi connectivity index (χ0n) is 11.1. The van der Waals surface area contributed by atoms with Crippen molar-refractivity contribution in [3.8, 4) is 5.69 Å². The van der Waals surface area contributed by atoms with Crippen molar-refractivity contribution < 1.29 is 9.90 Å². The fraction of sp³-hybridized carbons (Fsp3) is 0.333. The number of hydrogen-bond donors (Lipinski definition) is 1. The van der Waals surface area contributed by atoms with Gasteiger partial charge in [0.05, 0.1) is 30.1 Å². The SMILES string of the molecule is O=C(c1cnn(-c2ccccc2)c1)N1CCCC1CO. The Balaban J connectivity index is 1.82. The van der Waals surface area contributed by atoms with E-state index in [1.165, 1.54) is 0 Å². The molecule has 1 amide bonds. The van der Waals surface area contributed by atoms with Gasteiger partial charge in [-0.3, -0.25) is 4.79 Å². The van der Waals surface area contributed by atoms with Crippen LogP contribution in [0.4, 0.5) is 0 Å². The summed E-state index contributed by atoms with van der Waals surface area (Å²) in [6, 6.07) is 9.63. The molecule has 1 N–H and O–H groups in total. The number of carbonyl (C=O) groups excluding carboxylic acids is 1. The largest absolute Gasteiger partial charge is 0.394 e. The van der Waals surface area contributed by atoms with E-state index in [9.17, 15) is 9.90 Å². The van der Waals surface area contributed by atoms with Crippen molar-refractivity contribution in [2.75, 3.05) is 13.2 Å². The van der Waals surface area contributed by atoms with Crippen molar-refractivity contribution in [2.45, 2.75) is 18.9 Å². The zero-order valence-corrected chi connectivity index (χ0v) is 11.1. The van der Waals surface area contributed by atoms with Crippen LogP contribution in [0.15, 0.2) is 42.7 Å². The number of amides is 1. The quantitative estimate of drug-likeness (QED) is 0.919. The number of benzene rings is 1. The number of para-hydroxylation sites is 1. The maximum Gasteiger partial charge on any atom is 0.257 e. The molecule has 5 nitrogen and oxygen atoms in total. The summed E-state index contributed by atoms with van der Waals surface area (Å²) in [5.74, 6) is -0.0521. The first kappa shape index (κ1) is 12.9. The van der Waals surface area contributed by atoms with E-state index < -0.39 is 0 Å². The highest BCUT2D eigenvalue weighted by Gasteiger charge is 2.29. The fourth-order valence-corrected chi connectivity index (χ4v) is 2.61. The highest BCUT2D eigenvalue weighted by Crippen LogP contribution is 2.20. The molecule has 0 saturated carbocycles. The van der Waals surface area contributed by atoms with Gasteiger partial charge in [-0.05, 0) is 25.0 Å². The molecule has 1 aliphatic heterocycles. The van der Waals surface area contributed by atoms with Crippen LogP contribution in [0.2, 0.25) is 0 Å². The summed E-state index contributed by atoms with van der Waals surface area (Å²) in [4.78, 5) is 14.2. The fourth-order valence-electron chi connectivity index (χ4n) is 2.61. The average Bonchev–Trinajstić information content (AvgIpc) is 3.16. The second kappa shape index (κ2) is 5.46. The topological polar surface area (TPSA) is 58.4 Å². The monoisotopic (exact) mass is 271 g/mol. The molecule has 5 heteroatoms. The number of aliphatic hydroxyl groups is 1. The van der Waals surface area contributed by atoms with E-state index in [4.69, 9.17) is 0 Å². The highest BCUT2D eigenvalue weighted by molar-refractivity contribution is 5.94. The minimum Gasteiger partial charge on any atom is -0.394 e. The van der Waals surface area contributed by atoms with Crippen molar-refractivity contribution in [1.29, 1.82) is 0 Å². The Morgan fingerprint density at radius 2 is 2.15 bits per heavy atom. The number of nitrogens with zero attached hydrogens (tertiary/aromatic N) is 3. The molecule has 0 radical (unpaired) electrons. The minimum absolute atomic E-state index is 0.0264. The molecule has 1 aromatic heterocycles. The van der Waals surface area contributed by atoms with E-state index >= 15 is 0 Å². The number of aromatic nitrogens is 2. The maximum atomic E-state index is 12.4. The summed E-state index contributed by atoms with van der Waals surface area (Å²) < 4.78 is 1.69. The van der Waals surface area contributed by atoms with Crippen LogP contribution < -0.4 is 0 Å². The van der Waals surface area contributed by atoms with Crippen LogP contribution in [0.5, 0.6) is 0 Å². The van der Waals surface area contributed by atoms with Crippen molar-refractivity contribution >= 4 is 5.91 Å². The molecule has 0 aliphatic carbocycles. The van der Waals surface area contributed by atoms with Crippen LogP contribution in [0.3, 0.4) is 0 Å². The van der Waals surface area contributed by atoms with Gasteiger partial charge in [0, 0.05) is 12.7 Å². The first-order valence-corrected chi connectivity index (χ1v) is 6.81. The summed E-state index contributed by atoms with van der Waals surface area (Å²) in [7, 11) is 0. The number of likely N-dealkylation sites (tertiary alicyclic amines) is 1. The molecule has 3 rings (SSSR count). The molecule has 1 atom stereocenters. The number of rotatable bonds is 3. The van der Waals surface area contributed by atoms with E-state index in [-0.39, 0.29) is 18.6 Å². The molecule has 2 heterocycles. The van der Waals surface area contributed by atoms with Gasteiger partial charge >= 0.3 is 0 Å². The van der Waals surface area contributed by atoms with Gasteiger partial charge in [-0.25, -0.2) is 4.68 Å². The molecule has 20 heavy (non-hydrogen) atoms. The highest BCUT2D eigenvalue weighted by atomic mass is 16.3. The van der Waals surface area contributed by atoms with E-state index in [0.29, 0.717) is 12.1 Å². The minimum atomic E-state index is -0.0532. The first-order chi connectivity index (χ1) is 9.79. The van der Waals surface area contributed by atoms with Crippen LogP contribution in [0, 0.1) is 0 Å². The molecule has 104 valence electrons. The van der Waals surface area contributed by atoms with Crippen LogP contribution in [-0.4, -0.2) is 44.9 Å². The lowest BCUT2D eigenvalue weighted by molar-refractivity contribution is 0.0677. The van der Waals surface area contributed by atoms with Crippen LogP contribution in [0.25, 0.3) is 5.69 Å².